The second-order valence-electron chi connectivity index (χ2n) is 4.92. The van der Waals surface area contributed by atoms with Crippen LogP contribution in [0.3, 0.4) is 0 Å². The van der Waals surface area contributed by atoms with E-state index in [-0.39, 0.29) is 0 Å². The lowest BCUT2D eigenvalue weighted by molar-refractivity contribution is 0.670. The van der Waals surface area contributed by atoms with Crippen LogP contribution in [0.4, 0.5) is 0 Å². The lowest BCUT2D eigenvalue weighted by atomic mass is 10.1. The molecule has 2 aromatic rings. The van der Waals surface area contributed by atoms with E-state index in [4.69, 9.17) is 11.6 Å². The molecule has 1 aromatic heterocycles. The molecule has 0 amide bonds. The highest BCUT2D eigenvalue weighted by Crippen LogP contribution is 2.26. The molecule has 0 saturated carbocycles. The Hall–Kier alpha value is -1.32. The quantitative estimate of drug-likeness (QED) is 0.778. The van der Waals surface area contributed by atoms with Gasteiger partial charge in [0, 0.05) is 36.1 Å². The van der Waals surface area contributed by atoms with Gasteiger partial charge >= 0.3 is 0 Å². The highest BCUT2D eigenvalue weighted by atomic mass is 35.5. The molecule has 1 N–H and O–H groups in total. The van der Waals surface area contributed by atoms with E-state index < -0.39 is 0 Å². The number of nitrogens with one attached hydrogen (secondary N) is 1. The number of aromatic nitrogens is 2. The average molecular weight is 292 g/mol. The predicted molar refractivity (Wildman–Crippen MR) is 85.0 cm³/mol. The summed E-state index contributed by atoms with van der Waals surface area (Å²) in [5.41, 5.74) is 2.37. The summed E-state index contributed by atoms with van der Waals surface area (Å²) in [6.45, 7) is 7.18. The van der Waals surface area contributed by atoms with Crippen molar-refractivity contribution < 1.29 is 0 Å². The van der Waals surface area contributed by atoms with Crippen LogP contribution in [0.1, 0.15) is 32.3 Å². The van der Waals surface area contributed by atoms with Gasteiger partial charge in [0.2, 0.25) is 0 Å². The van der Waals surface area contributed by atoms with E-state index in [0.29, 0.717) is 0 Å². The van der Waals surface area contributed by atoms with Crippen LogP contribution in [0, 0.1) is 0 Å². The van der Waals surface area contributed by atoms with Crippen LogP contribution in [0.25, 0.3) is 11.4 Å². The Morgan fingerprint density at radius 3 is 2.85 bits per heavy atom. The van der Waals surface area contributed by atoms with Gasteiger partial charge in [-0.2, -0.15) is 0 Å². The molecule has 0 saturated heterocycles. The lowest BCUT2D eigenvalue weighted by Gasteiger charge is -2.12. The third-order valence-corrected chi connectivity index (χ3v) is 3.47. The van der Waals surface area contributed by atoms with Gasteiger partial charge in [-0.1, -0.05) is 31.5 Å². The largest absolute Gasteiger partial charge is 0.331 e. The van der Waals surface area contributed by atoms with Gasteiger partial charge in [-0.3, -0.25) is 0 Å². The molecule has 0 bridgehead atoms. The van der Waals surface area contributed by atoms with Gasteiger partial charge in [0.05, 0.1) is 0 Å². The maximum atomic E-state index is 6.17. The Balaban J connectivity index is 2.32. The number of hydrogen-bond acceptors (Lipinski definition) is 2. The zero-order chi connectivity index (χ0) is 14.4. The number of nitrogens with zero attached hydrogens (tertiary/aromatic N) is 2. The van der Waals surface area contributed by atoms with Crippen LogP contribution >= 0.6 is 11.6 Å². The topological polar surface area (TPSA) is 29.9 Å². The van der Waals surface area contributed by atoms with Crippen LogP contribution in [0.5, 0.6) is 0 Å². The minimum absolute atomic E-state index is 0.755. The molecule has 3 nitrogen and oxygen atoms in total. The van der Waals surface area contributed by atoms with Gasteiger partial charge in [0.25, 0.3) is 0 Å². The minimum Gasteiger partial charge on any atom is -0.331 e. The summed E-state index contributed by atoms with van der Waals surface area (Å²) in [5.74, 6) is 1.00. The average Bonchev–Trinajstić information content (AvgIpc) is 2.89. The molecule has 20 heavy (non-hydrogen) atoms. The van der Waals surface area contributed by atoms with Crippen molar-refractivity contribution in [1.29, 1.82) is 0 Å². The van der Waals surface area contributed by atoms with E-state index in [2.05, 4.69) is 34.8 Å². The van der Waals surface area contributed by atoms with Crippen LogP contribution in [-0.4, -0.2) is 16.1 Å². The van der Waals surface area contributed by atoms with Gasteiger partial charge in [-0.15, -0.1) is 0 Å². The zero-order valence-corrected chi connectivity index (χ0v) is 13.0. The molecular weight excluding hydrogens is 270 g/mol. The first-order valence-electron chi connectivity index (χ1n) is 7.27. The smallest absolute Gasteiger partial charge is 0.140 e. The normalized spacial score (nSPS) is 10.9. The molecule has 0 aliphatic carbocycles. The molecule has 0 aliphatic rings. The Kier molecular flexibility index (Phi) is 5.62. The summed E-state index contributed by atoms with van der Waals surface area (Å²) >= 11 is 6.17. The minimum atomic E-state index is 0.755. The van der Waals surface area contributed by atoms with Crippen molar-refractivity contribution in [1.82, 2.24) is 14.9 Å². The SMILES string of the molecule is CCCNCc1ccc(Cl)cc1-c1nccn1CCC. The number of halogens is 1. The molecule has 0 unspecified atom stereocenters. The van der Waals surface area contributed by atoms with E-state index in [1.165, 1.54) is 5.56 Å². The summed E-state index contributed by atoms with van der Waals surface area (Å²) in [7, 11) is 0. The first-order valence-corrected chi connectivity index (χ1v) is 7.64. The Bertz CT molecular complexity index is 548. The van der Waals surface area contributed by atoms with Gasteiger partial charge in [0.1, 0.15) is 5.82 Å². The van der Waals surface area contributed by atoms with E-state index >= 15 is 0 Å². The van der Waals surface area contributed by atoms with Crippen molar-refractivity contribution in [3.8, 4) is 11.4 Å². The number of imidazole rings is 1. The van der Waals surface area contributed by atoms with E-state index in [1.807, 2.05) is 24.5 Å². The molecule has 0 aliphatic heterocycles. The molecule has 108 valence electrons. The van der Waals surface area contributed by atoms with Gasteiger partial charge < -0.3 is 9.88 Å². The first-order chi connectivity index (χ1) is 9.76. The van der Waals surface area contributed by atoms with Crippen LogP contribution < -0.4 is 5.32 Å². The van der Waals surface area contributed by atoms with E-state index in [1.54, 1.807) is 0 Å². The number of rotatable bonds is 7. The Morgan fingerprint density at radius 2 is 2.10 bits per heavy atom. The van der Waals surface area contributed by atoms with Gasteiger partial charge in [-0.25, -0.2) is 4.98 Å². The monoisotopic (exact) mass is 291 g/mol. The molecule has 0 fully saturated rings. The zero-order valence-electron chi connectivity index (χ0n) is 12.2. The molecular formula is C16H22ClN3. The fourth-order valence-corrected chi connectivity index (χ4v) is 2.46. The van der Waals surface area contributed by atoms with E-state index in [0.717, 1.165) is 48.9 Å². The fraction of sp³-hybridized carbons (Fsp3) is 0.438. The standard InChI is InChI=1S/C16H22ClN3/c1-3-7-18-12-13-5-6-14(17)11-15(13)16-19-8-10-20(16)9-4-2/h5-6,8,10-11,18H,3-4,7,9,12H2,1-2H3. The third kappa shape index (κ3) is 3.62. The number of benzene rings is 1. The van der Waals surface area contributed by atoms with Crippen molar-refractivity contribution in [2.24, 2.45) is 0 Å². The van der Waals surface area contributed by atoms with Crippen LogP contribution in [0.2, 0.25) is 5.02 Å². The van der Waals surface area contributed by atoms with E-state index in [9.17, 15) is 0 Å². The van der Waals surface area contributed by atoms with Crippen LogP contribution in [0.15, 0.2) is 30.6 Å². The first kappa shape index (κ1) is 15.1. The second-order valence-corrected chi connectivity index (χ2v) is 5.36. The lowest BCUT2D eigenvalue weighted by Crippen LogP contribution is -2.15. The van der Waals surface area contributed by atoms with Crippen molar-refractivity contribution in [2.45, 2.75) is 39.8 Å². The summed E-state index contributed by atoms with van der Waals surface area (Å²) < 4.78 is 2.19. The summed E-state index contributed by atoms with van der Waals surface area (Å²) in [5, 5.41) is 4.20. The molecule has 1 aromatic carbocycles. The predicted octanol–water partition coefficient (Wildman–Crippen LogP) is 4.11. The number of hydrogen-bond donors (Lipinski definition) is 1. The highest BCUT2D eigenvalue weighted by Gasteiger charge is 2.11. The Labute approximate surface area is 126 Å². The van der Waals surface area contributed by atoms with Crippen molar-refractivity contribution in [3.05, 3.63) is 41.2 Å². The summed E-state index contributed by atoms with van der Waals surface area (Å²) in [4.78, 5) is 4.51. The molecule has 1 heterocycles. The molecule has 0 atom stereocenters. The van der Waals surface area contributed by atoms with Gasteiger partial charge in [-0.05, 0) is 37.1 Å². The summed E-state index contributed by atoms with van der Waals surface area (Å²) in [6.07, 6.45) is 6.11. The Morgan fingerprint density at radius 1 is 1.25 bits per heavy atom. The fourth-order valence-electron chi connectivity index (χ4n) is 2.29. The highest BCUT2D eigenvalue weighted by molar-refractivity contribution is 6.30. The van der Waals surface area contributed by atoms with Crippen molar-refractivity contribution in [3.63, 3.8) is 0 Å². The maximum absolute atomic E-state index is 6.17. The molecule has 2 rings (SSSR count). The molecule has 0 spiro atoms. The third-order valence-electron chi connectivity index (χ3n) is 3.24. The second kappa shape index (κ2) is 7.46. The molecule has 0 radical (unpaired) electrons. The maximum Gasteiger partial charge on any atom is 0.140 e. The molecule has 4 heteroatoms. The van der Waals surface area contributed by atoms with Crippen molar-refractivity contribution in [2.75, 3.05) is 6.54 Å². The summed E-state index contributed by atoms with van der Waals surface area (Å²) in [6, 6.07) is 6.05. The van der Waals surface area contributed by atoms with Gasteiger partial charge in [0.15, 0.2) is 0 Å². The van der Waals surface area contributed by atoms with Crippen LogP contribution in [-0.2, 0) is 13.1 Å². The number of aryl methyl sites for hydroxylation is 1. The van der Waals surface area contributed by atoms with Crippen molar-refractivity contribution >= 4 is 11.6 Å².